The Morgan fingerprint density at radius 1 is 0.553 bits per heavy atom. The minimum absolute atomic E-state index is 0.316. The first-order valence-corrected chi connectivity index (χ1v) is 15.5. The molecule has 3 nitrogen and oxygen atoms in total. The lowest BCUT2D eigenvalue weighted by Gasteiger charge is -2.29. The standard InChI is InChI=1S/C35H52O3/c1-2-3-4-5-6-7-8-9-10-11-12-13-14-15-16-17-18-25-30-35(34(37)38,32-28-23-20-24-29-32)33(36)31-26-21-19-22-27-31/h19-24,26-29H,2-18,25,30H2,1H3,(H,37,38). The number of carboxylic acid groups (broad SMARTS) is 1. The van der Waals surface area contributed by atoms with Gasteiger partial charge in [0, 0.05) is 5.56 Å². The third-order valence-corrected chi connectivity index (χ3v) is 7.96. The van der Waals surface area contributed by atoms with Crippen molar-refractivity contribution in [2.75, 3.05) is 0 Å². The molecule has 0 bridgehead atoms. The number of Topliss-reactive ketones (excluding diaryl/α,β-unsaturated/α-hetero) is 1. The third-order valence-electron chi connectivity index (χ3n) is 7.96. The maximum Gasteiger partial charge on any atom is 0.322 e. The van der Waals surface area contributed by atoms with E-state index in [1.165, 1.54) is 96.3 Å². The van der Waals surface area contributed by atoms with Gasteiger partial charge in [0.25, 0.3) is 0 Å². The molecule has 0 aromatic heterocycles. The van der Waals surface area contributed by atoms with Gasteiger partial charge in [-0.15, -0.1) is 0 Å². The smallest absolute Gasteiger partial charge is 0.322 e. The molecule has 38 heavy (non-hydrogen) atoms. The summed E-state index contributed by atoms with van der Waals surface area (Å²) in [5.41, 5.74) is -0.494. The Morgan fingerprint density at radius 3 is 1.32 bits per heavy atom. The van der Waals surface area contributed by atoms with Crippen LogP contribution >= 0.6 is 0 Å². The average Bonchev–Trinajstić information content (AvgIpc) is 2.95. The van der Waals surface area contributed by atoms with Crippen LogP contribution in [0, 0.1) is 0 Å². The van der Waals surface area contributed by atoms with Gasteiger partial charge in [-0.3, -0.25) is 9.59 Å². The highest BCUT2D eigenvalue weighted by molar-refractivity contribution is 6.16. The molecule has 0 saturated heterocycles. The maximum absolute atomic E-state index is 13.5. The molecular formula is C35H52O3. The van der Waals surface area contributed by atoms with Crippen LogP contribution in [0.1, 0.15) is 145 Å². The van der Waals surface area contributed by atoms with Crippen LogP contribution in [0.15, 0.2) is 60.7 Å². The Bertz CT molecular complexity index is 877. The summed E-state index contributed by atoms with van der Waals surface area (Å²) in [7, 11) is 0. The summed E-state index contributed by atoms with van der Waals surface area (Å²) in [6, 6.07) is 17.9. The quantitative estimate of drug-likeness (QED) is 0.0900. The molecule has 2 aromatic carbocycles. The van der Waals surface area contributed by atoms with Crippen LogP contribution in [-0.2, 0) is 10.2 Å². The predicted octanol–water partition coefficient (Wildman–Crippen LogP) is 10.3. The third kappa shape index (κ3) is 11.1. The summed E-state index contributed by atoms with van der Waals surface area (Å²) >= 11 is 0. The number of rotatable bonds is 23. The summed E-state index contributed by atoms with van der Waals surface area (Å²) in [5.74, 6) is -1.37. The molecular weight excluding hydrogens is 468 g/mol. The summed E-state index contributed by atoms with van der Waals surface area (Å²) < 4.78 is 0. The second-order valence-electron chi connectivity index (χ2n) is 11.0. The molecule has 0 fully saturated rings. The number of aliphatic carboxylic acids is 1. The largest absolute Gasteiger partial charge is 0.480 e. The van der Waals surface area contributed by atoms with Gasteiger partial charge in [0.2, 0.25) is 0 Å². The van der Waals surface area contributed by atoms with Crippen LogP contribution in [0.25, 0.3) is 0 Å². The lowest BCUT2D eigenvalue weighted by molar-refractivity contribution is -0.142. The molecule has 2 aromatic rings. The summed E-state index contributed by atoms with van der Waals surface area (Å²) in [6.45, 7) is 2.28. The van der Waals surface area contributed by atoms with Gasteiger partial charge in [-0.05, 0) is 12.0 Å². The van der Waals surface area contributed by atoms with Gasteiger partial charge in [-0.1, -0.05) is 183 Å². The van der Waals surface area contributed by atoms with Crippen LogP contribution in [0.3, 0.4) is 0 Å². The van der Waals surface area contributed by atoms with E-state index in [2.05, 4.69) is 6.92 Å². The van der Waals surface area contributed by atoms with Gasteiger partial charge < -0.3 is 5.11 Å². The molecule has 0 amide bonds. The molecule has 1 N–H and O–H groups in total. The average molecular weight is 521 g/mol. The topological polar surface area (TPSA) is 54.4 Å². The Labute approximate surface area is 232 Å². The number of ketones is 1. The van der Waals surface area contributed by atoms with E-state index in [1.54, 1.807) is 36.4 Å². The predicted molar refractivity (Wildman–Crippen MR) is 160 cm³/mol. The van der Waals surface area contributed by atoms with Crippen molar-refractivity contribution >= 4 is 11.8 Å². The Hall–Kier alpha value is -2.42. The van der Waals surface area contributed by atoms with Gasteiger partial charge in [0.15, 0.2) is 11.2 Å². The fraction of sp³-hybridized carbons (Fsp3) is 0.600. The van der Waals surface area contributed by atoms with Crippen LogP contribution < -0.4 is 0 Å². The zero-order valence-electron chi connectivity index (χ0n) is 24.0. The normalized spacial score (nSPS) is 12.8. The highest BCUT2D eigenvalue weighted by atomic mass is 16.4. The first-order valence-electron chi connectivity index (χ1n) is 15.5. The van der Waals surface area contributed by atoms with Gasteiger partial charge in [0.1, 0.15) is 0 Å². The summed E-state index contributed by atoms with van der Waals surface area (Å²) in [6.07, 6.45) is 23.6. The summed E-state index contributed by atoms with van der Waals surface area (Å²) in [4.78, 5) is 26.2. The summed E-state index contributed by atoms with van der Waals surface area (Å²) in [5, 5.41) is 10.3. The van der Waals surface area contributed by atoms with Crippen molar-refractivity contribution in [2.45, 2.75) is 134 Å². The van der Waals surface area contributed by atoms with Crippen molar-refractivity contribution in [3.63, 3.8) is 0 Å². The van der Waals surface area contributed by atoms with Gasteiger partial charge in [-0.25, -0.2) is 0 Å². The second-order valence-corrected chi connectivity index (χ2v) is 11.0. The monoisotopic (exact) mass is 520 g/mol. The second kappa shape index (κ2) is 19.6. The molecule has 0 aliphatic rings. The fourth-order valence-corrected chi connectivity index (χ4v) is 5.57. The molecule has 0 spiro atoms. The molecule has 1 unspecified atom stereocenters. The first kappa shape index (κ1) is 31.8. The Balaban J connectivity index is 1.63. The number of carboxylic acids is 1. The van der Waals surface area contributed by atoms with E-state index in [1.807, 2.05) is 24.3 Å². The zero-order valence-corrected chi connectivity index (χ0v) is 24.0. The van der Waals surface area contributed by atoms with Gasteiger partial charge in [0.05, 0.1) is 0 Å². The molecule has 3 heteroatoms. The fourth-order valence-electron chi connectivity index (χ4n) is 5.57. The first-order chi connectivity index (χ1) is 18.6. The number of hydrogen-bond acceptors (Lipinski definition) is 2. The van der Waals surface area contributed by atoms with Crippen molar-refractivity contribution in [2.24, 2.45) is 0 Å². The molecule has 0 radical (unpaired) electrons. The SMILES string of the molecule is CCCCCCCCCCCCCCCCCCCCC(C(=O)O)(C(=O)c1ccccc1)c1ccccc1. The van der Waals surface area contributed by atoms with E-state index in [0.717, 1.165) is 19.3 Å². The lowest BCUT2D eigenvalue weighted by atomic mass is 9.71. The zero-order chi connectivity index (χ0) is 27.3. The van der Waals surface area contributed by atoms with E-state index < -0.39 is 11.4 Å². The Morgan fingerprint density at radius 2 is 0.921 bits per heavy atom. The van der Waals surface area contributed by atoms with Crippen LogP contribution in [0.4, 0.5) is 0 Å². The highest BCUT2D eigenvalue weighted by Crippen LogP contribution is 2.35. The molecule has 1 atom stereocenters. The van der Waals surface area contributed by atoms with Crippen molar-refractivity contribution in [1.29, 1.82) is 0 Å². The number of unbranched alkanes of at least 4 members (excludes halogenated alkanes) is 17. The van der Waals surface area contributed by atoms with E-state index in [0.29, 0.717) is 17.5 Å². The molecule has 2 rings (SSSR count). The molecule has 0 saturated carbocycles. The maximum atomic E-state index is 13.5. The van der Waals surface area contributed by atoms with Crippen LogP contribution in [-0.4, -0.2) is 16.9 Å². The van der Waals surface area contributed by atoms with Crippen molar-refractivity contribution in [3.05, 3.63) is 71.8 Å². The van der Waals surface area contributed by atoms with E-state index in [4.69, 9.17) is 0 Å². The number of carbonyl (C=O) groups excluding carboxylic acids is 1. The van der Waals surface area contributed by atoms with E-state index in [-0.39, 0.29) is 5.78 Å². The highest BCUT2D eigenvalue weighted by Gasteiger charge is 2.47. The number of hydrogen-bond donors (Lipinski definition) is 1. The number of carbonyl (C=O) groups is 2. The minimum Gasteiger partial charge on any atom is -0.480 e. The number of benzene rings is 2. The van der Waals surface area contributed by atoms with E-state index in [9.17, 15) is 14.7 Å². The van der Waals surface area contributed by atoms with Crippen molar-refractivity contribution < 1.29 is 14.7 Å². The lowest BCUT2D eigenvalue weighted by Crippen LogP contribution is -2.44. The molecule has 0 aliphatic carbocycles. The Kier molecular flexibility index (Phi) is 16.4. The van der Waals surface area contributed by atoms with Gasteiger partial charge >= 0.3 is 5.97 Å². The minimum atomic E-state index is -1.53. The molecule has 210 valence electrons. The van der Waals surface area contributed by atoms with Crippen LogP contribution in [0.5, 0.6) is 0 Å². The van der Waals surface area contributed by atoms with Gasteiger partial charge in [-0.2, -0.15) is 0 Å². The van der Waals surface area contributed by atoms with Crippen molar-refractivity contribution in [3.8, 4) is 0 Å². The van der Waals surface area contributed by atoms with E-state index >= 15 is 0 Å². The van der Waals surface area contributed by atoms with Crippen molar-refractivity contribution in [1.82, 2.24) is 0 Å². The molecule has 0 aliphatic heterocycles. The van der Waals surface area contributed by atoms with Crippen LogP contribution in [0.2, 0.25) is 0 Å². The molecule has 0 heterocycles.